The lowest BCUT2D eigenvalue weighted by Crippen LogP contribution is -2.03. The van der Waals surface area contributed by atoms with Crippen molar-refractivity contribution in [3.05, 3.63) is 70.9 Å². The van der Waals surface area contributed by atoms with Gasteiger partial charge in [0.1, 0.15) is 22.9 Å². The van der Waals surface area contributed by atoms with Gasteiger partial charge in [-0.3, -0.25) is 4.79 Å². The smallest absolute Gasteiger partial charge is 0.210 e. The van der Waals surface area contributed by atoms with E-state index < -0.39 is 0 Å². The molecule has 0 unspecified atom stereocenters. The van der Waals surface area contributed by atoms with Gasteiger partial charge in [-0.1, -0.05) is 17.8 Å². The third kappa shape index (κ3) is 4.44. The number of carbonyl (C=O) groups excluding carboxylic acids is 1. The lowest BCUT2D eigenvalue weighted by atomic mass is 10.0. The van der Waals surface area contributed by atoms with Crippen molar-refractivity contribution < 1.29 is 15.0 Å². The Balaban J connectivity index is 1.68. The van der Waals surface area contributed by atoms with Crippen LogP contribution in [-0.4, -0.2) is 36.9 Å². The maximum atomic E-state index is 12.3. The molecule has 0 bridgehead atoms. The molecule has 8 heteroatoms. The molecule has 0 aliphatic heterocycles. The lowest BCUT2D eigenvalue weighted by molar-refractivity contribution is 0.102. The molecule has 0 spiro atoms. The summed E-state index contributed by atoms with van der Waals surface area (Å²) in [6.45, 7) is 0. The fourth-order valence-electron chi connectivity index (χ4n) is 2.64. The monoisotopic (exact) mass is 421 g/mol. The molecule has 144 valence electrons. The number of hydrogen-bond acceptors (Lipinski definition) is 8. The van der Waals surface area contributed by atoms with Crippen molar-refractivity contribution in [1.82, 2.24) is 15.2 Å². The van der Waals surface area contributed by atoms with Gasteiger partial charge in [-0.15, -0.1) is 21.5 Å². The van der Waals surface area contributed by atoms with Crippen LogP contribution < -0.4 is 0 Å². The Morgan fingerprint density at radius 3 is 2.07 bits per heavy atom. The molecule has 2 aromatic heterocycles. The minimum atomic E-state index is 0.0161. The number of Topliss-reactive ketones (excluding diaryl/α,β-unsaturated/α-hetero) is 1. The van der Waals surface area contributed by atoms with E-state index in [0.29, 0.717) is 21.4 Å². The fraction of sp³-hybridized carbons (Fsp3) is 0.0476. The number of phenols is 2. The van der Waals surface area contributed by atoms with E-state index in [0.717, 1.165) is 11.1 Å². The molecule has 0 saturated heterocycles. The highest BCUT2D eigenvalue weighted by atomic mass is 32.2. The highest BCUT2D eigenvalue weighted by Crippen LogP contribution is 2.31. The van der Waals surface area contributed by atoms with Crippen LogP contribution in [0.5, 0.6) is 11.5 Å². The van der Waals surface area contributed by atoms with Gasteiger partial charge in [0.25, 0.3) is 0 Å². The predicted molar refractivity (Wildman–Crippen MR) is 113 cm³/mol. The minimum Gasteiger partial charge on any atom is -0.508 e. The number of nitrogens with zero attached hydrogens (tertiary/aromatic N) is 3. The van der Waals surface area contributed by atoms with Crippen LogP contribution in [0.3, 0.4) is 0 Å². The van der Waals surface area contributed by atoms with Gasteiger partial charge in [-0.05, 0) is 60.0 Å². The van der Waals surface area contributed by atoms with Gasteiger partial charge in [0, 0.05) is 11.1 Å². The van der Waals surface area contributed by atoms with E-state index in [2.05, 4.69) is 15.2 Å². The number of aromatic nitrogens is 3. The van der Waals surface area contributed by atoms with E-state index in [1.807, 2.05) is 11.4 Å². The zero-order chi connectivity index (χ0) is 20.2. The summed E-state index contributed by atoms with van der Waals surface area (Å²) in [5.41, 5.74) is 2.63. The van der Waals surface area contributed by atoms with Crippen molar-refractivity contribution in [2.45, 2.75) is 5.16 Å². The first-order valence-corrected chi connectivity index (χ1v) is 10.5. The molecule has 29 heavy (non-hydrogen) atoms. The number of ketones is 1. The van der Waals surface area contributed by atoms with Crippen molar-refractivity contribution in [3.8, 4) is 34.0 Å². The van der Waals surface area contributed by atoms with Crippen molar-refractivity contribution in [1.29, 1.82) is 0 Å². The Bertz CT molecular complexity index is 1130. The molecular formula is C21H15N3O3S2. The molecule has 2 heterocycles. The molecule has 4 rings (SSSR count). The third-order valence-electron chi connectivity index (χ3n) is 4.08. The molecule has 2 aromatic carbocycles. The first-order chi connectivity index (χ1) is 14.1. The van der Waals surface area contributed by atoms with Crippen LogP contribution in [0, 0.1) is 0 Å². The average Bonchev–Trinajstić information content (AvgIpc) is 3.28. The molecule has 0 radical (unpaired) electrons. The van der Waals surface area contributed by atoms with Crippen LogP contribution in [0.25, 0.3) is 22.5 Å². The number of thiophene rings is 1. The SMILES string of the molecule is O=C(CSc1nnc(-c2ccc(O)cc2)c(-c2ccc(O)cc2)n1)c1cccs1. The molecule has 0 aliphatic rings. The van der Waals surface area contributed by atoms with Crippen molar-refractivity contribution in [3.63, 3.8) is 0 Å². The Hall–Kier alpha value is -3.23. The first-order valence-electron chi connectivity index (χ1n) is 8.63. The standard InChI is InChI=1S/C21H15N3O3S2/c25-15-7-3-13(4-8-15)19-20(14-5-9-16(26)10-6-14)23-24-21(22-19)29-12-17(27)18-2-1-11-28-18/h1-11,25-26H,12H2. The van der Waals surface area contributed by atoms with Gasteiger partial charge in [0.15, 0.2) is 5.78 Å². The van der Waals surface area contributed by atoms with Crippen LogP contribution in [0.2, 0.25) is 0 Å². The first kappa shape index (κ1) is 19.1. The van der Waals surface area contributed by atoms with Crippen molar-refractivity contribution in [2.75, 3.05) is 5.75 Å². The maximum absolute atomic E-state index is 12.3. The van der Waals surface area contributed by atoms with E-state index in [1.54, 1.807) is 54.6 Å². The van der Waals surface area contributed by atoms with E-state index in [-0.39, 0.29) is 23.0 Å². The van der Waals surface area contributed by atoms with Crippen LogP contribution >= 0.6 is 23.1 Å². The summed E-state index contributed by atoms with van der Waals surface area (Å²) < 4.78 is 0. The van der Waals surface area contributed by atoms with Crippen LogP contribution in [-0.2, 0) is 0 Å². The largest absolute Gasteiger partial charge is 0.508 e. The molecule has 0 amide bonds. The second-order valence-corrected chi connectivity index (χ2v) is 7.96. The molecule has 4 aromatic rings. The maximum Gasteiger partial charge on any atom is 0.210 e. The van der Waals surface area contributed by atoms with E-state index in [9.17, 15) is 15.0 Å². The van der Waals surface area contributed by atoms with Gasteiger partial charge in [0.05, 0.1) is 10.6 Å². The Morgan fingerprint density at radius 2 is 1.48 bits per heavy atom. The number of phenolic OH excluding ortho intramolecular Hbond substituents is 2. The summed E-state index contributed by atoms with van der Waals surface area (Å²) >= 11 is 2.63. The molecule has 0 aliphatic carbocycles. The van der Waals surface area contributed by atoms with Gasteiger partial charge in [-0.25, -0.2) is 4.98 Å². The van der Waals surface area contributed by atoms with Gasteiger partial charge < -0.3 is 10.2 Å². The molecule has 0 fully saturated rings. The summed E-state index contributed by atoms with van der Waals surface area (Å²) in [4.78, 5) is 17.6. The number of rotatable bonds is 6. The quantitative estimate of drug-likeness (QED) is 0.345. The summed E-state index contributed by atoms with van der Waals surface area (Å²) in [6, 6.07) is 16.9. The van der Waals surface area contributed by atoms with Crippen LogP contribution in [0.1, 0.15) is 9.67 Å². The predicted octanol–water partition coefficient (Wildman–Crippen LogP) is 4.65. The van der Waals surface area contributed by atoms with E-state index in [1.165, 1.54) is 23.1 Å². The summed E-state index contributed by atoms with van der Waals surface area (Å²) in [6.07, 6.45) is 0. The number of thioether (sulfide) groups is 1. The van der Waals surface area contributed by atoms with E-state index in [4.69, 9.17) is 0 Å². The summed E-state index contributed by atoms with van der Waals surface area (Å²) in [5.74, 6) is 0.538. The zero-order valence-electron chi connectivity index (χ0n) is 15.0. The molecule has 2 N–H and O–H groups in total. The molecule has 0 saturated carbocycles. The highest BCUT2D eigenvalue weighted by molar-refractivity contribution is 7.99. The Labute approximate surface area is 174 Å². The zero-order valence-corrected chi connectivity index (χ0v) is 16.7. The van der Waals surface area contributed by atoms with Gasteiger partial charge in [-0.2, -0.15) is 0 Å². The van der Waals surface area contributed by atoms with Gasteiger partial charge in [0.2, 0.25) is 5.16 Å². The molecular weight excluding hydrogens is 406 g/mol. The number of carbonyl (C=O) groups is 1. The molecule has 6 nitrogen and oxygen atoms in total. The van der Waals surface area contributed by atoms with Crippen LogP contribution in [0.15, 0.2) is 71.2 Å². The van der Waals surface area contributed by atoms with Crippen molar-refractivity contribution in [2.24, 2.45) is 0 Å². The topological polar surface area (TPSA) is 96.2 Å². The second kappa shape index (κ2) is 8.42. The summed E-state index contributed by atoms with van der Waals surface area (Å²) in [5, 5.41) is 29.9. The normalized spacial score (nSPS) is 10.8. The van der Waals surface area contributed by atoms with Crippen molar-refractivity contribution >= 4 is 28.9 Å². The minimum absolute atomic E-state index is 0.0161. The fourth-order valence-corrected chi connectivity index (χ4v) is 4.07. The Morgan fingerprint density at radius 1 is 0.862 bits per heavy atom. The third-order valence-corrected chi connectivity index (χ3v) is 5.83. The van der Waals surface area contributed by atoms with Gasteiger partial charge >= 0.3 is 0 Å². The van der Waals surface area contributed by atoms with E-state index >= 15 is 0 Å². The highest BCUT2D eigenvalue weighted by Gasteiger charge is 2.16. The lowest BCUT2D eigenvalue weighted by Gasteiger charge is -2.09. The second-order valence-electron chi connectivity index (χ2n) is 6.07. The number of hydrogen-bond donors (Lipinski definition) is 2. The molecule has 0 atom stereocenters. The van der Waals surface area contributed by atoms with Crippen LogP contribution in [0.4, 0.5) is 0 Å². The average molecular weight is 422 g/mol. The Kier molecular flexibility index (Phi) is 5.55. The summed E-state index contributed by atoms with van der Waals surface area (Å²) in [7, 11) is 0. The number of benzene rings is 2. The number of aromatic hydroxyl groups is 2.